The summed E-state index contributed by atoms with van der Waals surface area (Å²) in [6.45, 7) is 6.41. The number of nitrogens with zero attached hydrogens (tertiary/aromatic N) is 4. The maximum absolute atomic E-state index is 13.5. The first-order valence-electron chi connectivity index (χ1n) is 11.5. The SMILES string of the molecule is COc1cc2nn(CC(=O)N3CCC(C(C)(C)O)CC3)cc2cc1NC(=O)c1ccc(F)c(C)n1. The highest BCUT2D eigenvalue weighted by Gasteiger charge is 2.32. The fraction of sp³-hybridized carbons (Fsp3) is 0.440. The number of aromatic nitrogens is 3. The second-order valence-corrected chi connectivity index (χ2v) is 9.46. The summed E-state index contributed by atoms with van der Waals surface area (Å²) in [7, 11) is 1.48. The number of fused-ring (bicyclic) bond motifs is 1. The average molecular weight is 484 g/mol. The summed E-state index contributed by atoms with van der Waals surface area (Å²) < 4.78 is 20.5. The van der Waals surface area contributed by atoms with Gasteiger partial charge in [0.15, 0.2) is 0 Å². The molecule has 2 amide bonds. The van der Waals surface area contributed by atoms with Crippen molar-refractivity contribution in [3.05, 3.63) is 47.7 Å². The molecule has 35 heavy (non-hydrogen) atoms. The molecule has 0 spiro atoms. The van der Waals surface area contributed by atoms with E-state index in [0.29, 0.717) is 30.0 Å². The number of hydrogen-bond donors (Lipinski definition) is 2. The molecular formula is C25H30FN5O4. The number of piperidine rings is 1. The minimum absolute atomic E-state index is 0.0368. The predicted octanol–water partition coefficient (Wildman–Crippen LogP) is 3.15. The van der Waals surface area contributed by atoms with E-state index in [2.05, 4.69) is 15.4 Å². The summed E-state index contributed by atoms with van der Waals surface area (Å²) in [6, 6.07) is 5.91. The average Bonchev–Trinajstić information content (AvgIpc) is 3.20. The molecule has 3 aromatic rings. The zero-order chi connectivity index (χ0) is 25.3. The number of halogens is 1. The molecule has 1 aliphatic heterocycles. The number of nitrogens with one attached hydrogen (secondary N) is 1. The van der Waals surface area contributed by atoms with E-state index in [1.54, 1.807) is 27.9 Å². The van der Waals surface area contributed by atoms with Crippen molar-refractivity contribution in [2.24, 2.45) is 5.92 Å². The number of anilines is 1. The zero-order valence-corrected chi connectivity index (χ0v) is 20.3. The summed E-state index contributed by atoms with van der Waals surface area (Å²) in [5.74, 6) is -0.443. The van der Waals surface area contributed by atoms with Gasteiger partial charge in [-0.15, -0.1) is 0 Å². The van der Waals surface area contributed by atoms with Crippen LogP contribution in [0.5, 0.6) is 5.75 Å². The molecule has 1 saturated heterocycles. The van der Waals surface area contributed by atoms with E-state index in [4.69, 9.17) is 4.74 Å². The monoisotopic (exact) mass is 483 g/mol. The number of benzene rings is 1. The normalized spacial score (nSPS) is 14.9. The van der Waals surface area contributed by atoms with Crippen molar-refractivity contribution in [1.29, 1.82) is 0 Å². The van der Waals surface area contributed by atoms with Gasteiger partial charge in [0.25, 0.3) is 5.91 Å². The Kier molecular flexibility index (Phi) is 6.75. The van der Waals surface area contributed by atoms with Gasteiger partial charge < -0.3 is 20.1 Å². The lowest BCUT2D eigenvalue weighted by Gasteiger charge is -2.37. The highest BCUT2D eigenvalue weighted by Crippen LogP contribution is 2.31. The van der Waals surface area contributed by atoms with Crippen LogP contribution in [0.3, 0.4) is 0 Å². The Morgan fingerprint density at radius 3 is 2.60 bits per heavy atom. The molecule has 0 atom stereocenters. The van der Waals surface area contributed by atoms with E-state index >= 15 is 0 Å². The van der Waals surface area contributed by atoms with E-state index < -0.39 is 17.3 Å². The molecule has 2 aromatic heterocycles. The van der Waals surface area contributed by atoms with Gasteiger partial charge in [-0.05, 0) is 57.7 Å². The second kappa shape index (κ2) is 9.61. The summed E-state index contributed by atoms with van der Waals surface area (Å²) in [6.07, 6.45) is 3.27. The predicted molar refractivity (Wildman–Crippen MR) is 129 cm³/mol. The number of rotatable bonds is 6. The van der Waals surface area contributed by atoms with E-state index in [-0.39, 0.29) is 29.8 Å². The van der Waals surface area contributed by atoms with Crippen molar-refractivity contribution in [3.8, 4) is 5.75 Å². The molecule has 0 aliphatic carbocycles. The molecule has 3 heterocycles. The molecule has 0 unspecified atom stereocenters. The number of hydrogen-bond acceptors (Lipinski definition) is 6. The number of carbonyl (C=O) groups excluding carboxylic acids is 2. The minimum atomic E-state index is -0.743. The Morgan fingerprint density at radius 2 is 1.97 bits per heavy atom. The minimum Gasteiger partial charge on any atom is -0.494 e. The highest BCUT2D eigenvalue weighted by molar-refractivity contribution is 6.05. The Hall–Kier alpha value is -3.53. The third-order valence-corrected chi connectivity index (χ3v) is 6.52. The van der Waals surface area contributed by atoms with Crippen molar-refractivity contribution in [2.75, 3.05) is 25.5 Å². The third-order valence-electron chi connectivity index (χ3n) is 6.52. The quantitative estimate of drug-likeness (QED) is 0.558. The summed E-state index contributed by atoms with van der Waals surface area (Å²) >= 11 is 0. The van der Waals surface area contributed by atoms with Crippen LogP contribution in [-0.2, 0) is 11.3 Å². The summed E-state index contributed by atoms with van der Waals surface area (Å²) in [4.78, 5) is 31.3. The molecule has 1 aliphatic rings. The Bertz CT molecular complexity index is 1260. The van der Waals surface area contributed by atoms with Crippen molar-refractivity contribution >= 4 is 28.4 Å². The van der Waals surface area contributed by atoms with Gasteiger partial charge in [-0.1, -0.05) is 0 Å². The van der Waals surface area contributed by atoms with Gasteiger partial charge in [0, 0.05) is 30.7 Å². The standard InChI is InChI=1S/C25H30FN5O4/c1-15-18(26)5-6-19(27-15)24(33)28-21-11-16-13-31(29-20(16)12-22(21)35-4)14-23(32)30-9-7-17(8-10-30)25(2,3)34/h5-6,11-13,17,34H,7-10,14H2,1-4H3,(H,28,33). The van der Waals surface area contributed by atoms with Crippen LogP contribution in [0, 0.1) is 18.7 Å². The van der Waals surface area contributed by atoms with Gasteiger partial charge in [0.1, 0.15) is 23.8 Å². The largest absolute Gasteiger partial charge is 0.494 e. The lowest BCUT2D eigenvalue weighted by atomic mass is 9.83. The summed E-state index contributed by atoms with van der Waals surface area (Å²) in [5, 5.41) is 18.2. The van der Waals surface area contributed by atoms with Crippen LogP contribution < -0.4 is 10.1 Å². The number of ether oxygens (including phenoxy) is 1. The first-order valence-corrected chi connectivity index (χ1v) is 11.5. The number of aryl methyl sites for hydroxylation is 1. The molecule has 1 fully saturated rings. The van der Waals surface area contributed by atoms with Gasteiger partial charge >= 0.3 is 0 Å². The van der Waals surface area contributed by atoms with Gasteiger partial charge in [-0.2, -0.15) is 5.10 Å². The van der Waals surface area contributed by atoms with Crippen LogP contribution in [0.4, 0.5) is 10.1 Å². The molecule has 0 bridgehead atoms. The van der Waals surface area contributed by atoms with Crippen LogP contribution >= 0.6 is 0 Å². The molecular weight excluding hydrogens is 453 g/mol. The van der Waals surface area contributed by atoms with Crippen molar-refractivity contribution in [2.45, 2.75) is 45.8 Å². The smallest absolute Gasteiger partial charge is 0.274 e. The highest BCUT2D eigenvalue weighted by atomic mass is 19.1. The van der Waals surface area contributed by atoms with E-state index in [1.165, 1.54) is 26.2 Å². The number of pyridine rings is 1. The number of likely N-dealkylation sites (tertiary alicyclic amines) is 1. The van der Waals surface area contributed by atoms with Crippen molar-refractivity contribution in [1.82, 2.24) is 19.7 Å². The number of amides is 2. The Morgan fingerprint density at radius 1 is 1.26 bits per heavy atom. The maximum atomic E-state index is 13.5. The second-order valence-electron chi connectivity index (χ2n) is 9.46. The zero-order valence-electron chi connectivity index (χ0n) is 20.3. The van der Waals surface area contributed by atoms with Crippen LogP contribution in [0.1, 0.15) is 42.9 Å². The fourth-order valence-electron chi connectivity index (χ4n) is 4.38. The van der Waals surface area contributed by atoms with E-state index in [0.717, 1.165) is 18.2 Å². The van der Waals surface area contributed by atoms with Crippen LogP contribution in [0.25, 0.3) is 10.9 Å². The molecule has 9 nitrogen and oxygen atoms in total. The van der Waals surface area contributed by atoms with Gasteiger partial charge in [-0.25, -0.2) is 9.37 Å². The van der Waals surface area contributed by atoms with E-state index in [9.17, 15) is 19.1 Å². The molecule has 4 rings (SSSR count). The number of methoxy groups -OCH3 is 1. The Labute approximate surface area is 202 Å². The van der Waals surface area contributed by atoms with Gasteiger partial charge in [0.2, 0.25) is 5.91 Å². The molecule has 10 heteroatoms. The Balaban J connectivity index is 1.48. The first-order chi connectivity index (χ1) is 16.5. The fourth-order valence-corrected chi connectivity index (χ4v) is 4.38. The van der Waals surface area contributed by atoms with Crippen LogP contribution in [0.15, 0.2) is 30.5 Å². The molecule has 186 valence electrons. The topological polar surface area (TPSA) is 110 Å². The lowest BCUT2D eigenvalue weighted by molar-refractivity contribution is -0.134. The van der Waals surface area contributed by atoms with Gasteiger partial charge in [-0.3, -0.25) is 14.3 Å². The molecule has 2 N–H and O–H groups in total. The van der Waals surface area contributed by atoms with Gasteiger partial charge in [0.05, 0.1) is 29.6 Å². The molecule has 1 aromatic carbocycles. The van der Waals surface area contributed by atoms with Crippen LogP contribution in [0.2, 0.25) is 0 Å². The molecule has 0 saturated carbocycles. The van der Waals surface area contributed by atoms with Crippen LogP contribution in [-0.4, -0.2) is 62.4 Å². The number of aliphatic hydroxyl groups is 1. The van der Waals surface area contributed by atoms with E-state index in [1.807, 2.05) is 13.8 Å². The number of carbonyl (C=O) groups is 2. The summed E-state index contributed by atoms with van der Waals surface area (Å²) in [5.41, 5.74) is 0.501. The first kappa shape index (κ1) is 24.6. The third kappa shape index (κ3) is 5.43. The van der Waals surface area contributed by atoms with Crippen molar-refractivity contribution < 1.29 is 23.8 Å². The van der Waals surface area contributed by atoms with Crippen molar-refractivity contribution in [3.63, 3.8) is 0 Å². The molecule has 0 radical (unpaired) electrons. The lowest BCUT2D eigenvalue weighted by Crippen LogP contribution is -2.45. The maximum Gasteiger partial charge on any atom is 0.274 e.